The number of aromatic nitrogens is 3. The van der Waals surface area contributed by atoms with Crippen LogP contribution in [0.2, 0.25) is 0 Å². The molecule has 2 aromatic rings. The third kappa shape index (κ3) is 1.04. The quantitative estimate of drug-likeness (QED) is 0.727. The molecule has 0 aliphatic carbocycles. The number of hydrogen-bond acceptors (Lipinski definition) is 2. The summed E-state index contributed by atoms with van der Waals surface area (Å²) in [5.41, 5.74) is 1.37. The summed E-state index contributed by atoms with van der Waals surface area (Å²) in [6, 6.07) is 1.50. The van der Waals surface area contributed by atoms with Crippen LogP contribution in [-0.2, 0) is 0 Å². The van der Waals surface area contributed by atoms with E-state index in [1.165, 1.54) is 10.6 Å². The lowest BCUT2D eigenvalue weighted by Crippen LogP contribution is -2.14. The molecule has 0 saturated carbocycles. The van der Waals surface area contributed by atoms with Gasteiger partial charge in [-0.25, -0.2) is 9.50 Å². The van der Waals surface area contributed by atoms with Gasteiger partial charge in [-0.05, 0) is 29.5 Å². The van der Waals surface area contributed by atoms with Gasteiger partial charge in [-0.1, -0.05) is 0 Å². The summed E-state index contributed by atoms with van der Waals surface area (Å²) in [4.78, 5) is 15.5. The minimum Gasteiger partial charge on any atom is -0.296 e. The number of aryl methyl sites for hydroxylation is 1. The lowest BCUT2D eigenvalue weighted by molar-refractivity contribution is 0.890. The Bertz CT molecular complexity index is 485. The summed E-state index contributed by atoms with van der Waals surface area (Å²) in [6.45, 7) is 1.81. The smallest absolute Gasteiger partial charge is 0.272 e. The number of hydrogen-bond donors (Lipinski definition) is 1. The molecule has 0 atom stereocenters. The molecular weight excluding hydrogens is 269 g/mol. The molecule has 2 aromatic heterocycles. The monoisotopic (exact) mass is 275 g/mol. The molecule has 0 aliphatic heterocycles. The van der Waals surface area contributed by atoms with Crippen molar-refractivity contribution >= 4 is 28.2 Å². The van der Waals surface area contributed by atoms with E-state index in [0.29, 0.717) is 5.65 Å². The standard InChI is InChI=1S/C7H6IN3O/c1-4-2-6(12)11-7(10-4)5(8)3-9-11/h2-3,9H,1H3. The Morgan fingerprint density at radius 3 is 3.17 bits per heavy atom. The summed E-state index contributed by atoms with van der Waals surface area (Å²) in [5.74, 6) is 0. The van der Waals surface area contributed by atoms with E-state index in [4.69, 9.17) is 0 Å². The first-order valence-electron chi connectivity index (χ1n) is 3.42. The van der Waals surface area contributed by atoms with Gasteiger partial charge in [0.25, 0.3) is 5.56 Å². The van der Waals surface area contributed by atoms with Crippen LogP contribution < -0.4 is 5.56 Å². The number of nitrogens with one attached hydrogen (secondary N) is 1. The predicted octanol–water partition coefficient (Wildman–Crippen LogP) is 0.936. The minimum atomic E-state index is -0.0691. The van der Waals surface area contributed by atoms with E-state index in [-0.39, 0.29) is 5.56 Å². The molecule has 62 valence electrons. The third-order valence-electron chi connectivity index (χ3n) is 1.58. The maximum atomic E-state index is 11.3. The van der Waals surface area contributed by atoms with Crippen molar-refractivity contribution in [2.24, 2.45) is 0 Å². The van der Waals surface area contributed by atoms with Gasteiger partial charge in [0.15, 0.2) is 5.65 Å². The van der Waals surface area contributed by atoms with Gasteiger partial charge < -0.3 is 0 Å². The second kappa shape index (κ2) is 2.58. The Labute approximate surface area is 81.7 Å². The fraction of sp³-hybridized carbons (Fsp3) is 0.143. The minimum absolute atomic E-state index is 0.0691. The number of H-pyrrole nitrogens is 1. The first kappa shape index (κ1) is 7.78. The largest absolute Gasteiger partial charge is 0.296 e. The van der Waals surface area contributed by atoms with E-state index >= 15 is 0 Å². The van der Waals surface area contributed by atoms with E-state index in [0.717, 1.165) is 9.26 Å². The van der Waals surface area contributed by atoms with Crippen molar-refractivity contribution in [2.45, 2.75) is 6.92 Å². The molecule has 0 spiro atoms. The molecule has 0 aliphatic rings. The molecule has 0 unspecified atom stereocenters. The van der Waals surface area contributed by atoms with Gasteiger partial charge >= 0.3 is 0 Å². The number of rotatable bonds is 0. The van der Waals surface area contributed by atoms with Gasteiger partial charge in [0, 0.05) is 18.0 Å². The number of aromatic amines is 1. The summed E-state index contributed by atoms with van der Waals surface area (Å²) in [6.07, 6.45) is 1.75. The topological polar surface area (TPSA) is 50.2 Å². The molecule has 12 heavy (non-hydrogen) atoms. The molecular formula is C7H6IN3O. The second-order valence-corrected chi connectivity index (χ2v) is 3.68. The van der Waals surface area contributed by atoms with E-state index in [1.54, 1.807) is 6.20 Å². The Morgan fingerprint density at radius 1 is 1.67 bits per heavy atom. The second-order valence-electron chi connectivity index (χ2n) is 2.52. The molecule has 0 radical (unpaired) electrons. The highest BCUT2D eigenvalue weighted by Crippen LogP contribution is 2.08. The van der Waals surface area contributed by atoms with Crippen molar-refractivity contribution in [1.82, 2.24) is 14.6 Å². The zero-order valence-corrected chi connectivity index (χ0v) is 8.49. The first-order chi connectivity index (χ1) is 5.68. The van der Waals surface area contributed by atoms with Gasteiger partial charge in [-0.2, -0.15) is 0 Å². The highest BCUT2D eigenvalue weighted by atomic mass is 127. The van der Waals surface area contributed by atoms with Crippen LogP contribution in [0.15, 0.2) is 17.1 Å². The van der Waals surface area contributed by atoms with Crippen LogP contribution in [-0.4, -0.2) is 14.6 Å². The highest BCUT2D eigenvalue weighted by molar-refractivity contribution is 14.1. The molecule has 0 amide bonds. The van der Waals surface area contributed by atoms with Crippen LogP contribution in [0.4, 0.5) is 0 Å². The predicted molar refractivity (Wildman–Crippen MR) is 53.3 cm³/mol. The Hall–Kier alpha value is -0.850. The lowest BCUT2D eigenvalue weighted by atomic mass is 10.4. The van der Waals surface area contributed by atoms with Gasteiger partial charge in [0.1, 0.15) is 0 Å². The summed E-state index contributed by atoms with van der Waals surface area (Å²) >= 11 is 2.13. The van der Waals surface area contributed by atoms with Crippen molar-refractivity contribution in [1.29, 1.82) is 0 Å². The fourth-order valence-electron chi connectivity index (χ4n) is 1.07. The molecule has 5 heteroatoms. The van der Waals surface area contributed by atoms with Crippen LogP contribution in [0.1, 0.15) is 5.69 Å². The third-order valence-corrected chi connectivity index (χ3v) is 2.37. The molecule has 2 rings (SSSR count). The zero-order chi connectivity index (χ0) is 8.72. The van der Waals surface area contributed by atoms with Crippen LogP contribution in [0.3, 0.4) is 0 Å². The number of nitrogens with zero attached hydrogens (tertiary/aromatic N) is 2. The first-order valence-corrected chi connectivity index (χ1v) is 4.49. The SMILES string of the molecule is Cc1cc(=O)n2[nH]cc(I)c2n1. The van der Waals surface area contributed by atoms with Crippen LogP contribution in [0.25, 0.3) is 5.65 Å². The fourth-order valence-corrected chi connectivity index (χ4v) is 1.57. The molecule has 0 saturated heterocycles. The molecule has 0 fully saturated rings. The zero-order valence-electron chi connectivity index (χ0n) is 6.34. The van der Waals surface area contributed by atoms with Gasteiger partial charge in [-0.15, -0.1) is 0 Å². The highest BCUT2D eigenvalue weighted by Gasteiger charge is 2.03. The van der Waals surface area contributed by atoms with Crippen molar-refractivity contribution in [2.75, 3.05) is 0 Å². The van der Waals surface area contributed by atoms with E-state index in [2.05, 4.69) is 32.7 Å². The number of fused-ring (bicyclic) bond motifs is 1. The maximum Gasteiger partial charge on any atom is 0.272 e. The average Bonchev–Trinajstić information content (AvgIpc) is 2.33. The molecule has 0 aromatic carbocycles. The van der Waals surface area contributed by atoms with Crippen LogP contribution in [0.5, 0.6) is 0 Å². The lowest BCUT2D eigenvalue weighted by Gasteiger charge is -1.93. The maximum absolute atomic E-state index is 11.3. The summed E-state index contributed by atoms with van der Waals surface area (Å²) in [7, 11) is 0. The van der Waals surface area contributed by atoms with Crippen molar-refractivity contribution in [3.05, 3.63) is 31.9 Å². The Morgan fingerprint density at radius 2 is 2.42 bits per heavy atom. The Balaban J connectivity index is 3.03. The molecule has 0 bridgehead atoms. The summed E-state index contributed by atoms with van der Waals surface area (Å²) < 4.78 is 2.38. The van der Waals surface area contributed by atoms with Crippen molar-refractivity contribution < 1.29 is 0 Å². The molecule has 2 heterocycles. The molecule has 4 nitrogen and oxygen atoms in total. The van der Waals surface area contributed by atoms with Crippen LogP contribution in [0, 0.1) is 10.5 Å². The van der Waals surface area contributed by atoms with Gasteiger partial charge in [-0.3, -0.25) is 9.89 Å². The van der Waals surface area contributed by atoms with Crippen molar-refractivity contribution in [3.8, 4) is 0 Å². The summed E-state index contributed by atoms with van der Waals surface area (Å²) in [5, 5.41) is 2.82. The van der Waals surface area contributed by atoms with Gasteiger partial charge in [0.2, 0.25) is 0 Å². The Kier molecular flexibility index (Phi) is 1.67. The van der Waals surface area contributed by atoms with E-state index in [1.807, 2.05) is 6.92 Å². The average molecular weight is 275 g/mol. The number of halogens is 1. The van der Waals surface area contributed by atoms with Gasteiger partial charge in [0.05, 0.1) is 3.57 Å². The normalized spacial score (nSPS) is 10.8. The van der Waals surface area contributed by atoms with Crippen molar-refractivity contribution in [3.63, 3.8) is 0 Å². The van der Waals surface area contributed by atoms with E-state index < -0.39 is 0 Å². The van der Waals surface area contributed by atoms with Crippen LogP contribution >= 0.6 is 22.6 Å². The van der Waals surface area contributed by atoms with E-state index in [9.17, 15) is 4.79 Å². The molecule has 1 N–H and O–H groups in total.